The standard InChI is InChI=1S/C19H42N4.CH4/c1-9-20-18(4,5)15-17(3)23-11-10-21-19(6,7)14-16(2)22(8)12-13-23;/h16-17,20-21H,9-15H2,1-8H3;1H4. The van der Waals surface area contributed by atoms with Gasteiger partial charge in [-0.3, -0.25) is 4.90 Å². The first-order valence-electron chi connectivity index (χ1n) is 9.50. The minimum atomic E-state index is 0. The van der Waals surface area contributed by atoms with E-state index in [-0.39, 0.29) is 18.5 Å². The fourth-order valence-corrected chi connectivity index (χ4v) is 3.98. The van der Waals surface area contributed by atoms with Gasteiger partial charge in [-0.15, -0.1) is 0 Å². The molecule has 1 aliphatic heterocycles. The third-order valence-corrected chi connectivity index (χ3v) is 5.39. The van der Waals surface area contributed by atoms with Crippen molar-refractivity contribution in [3.8, 4) is 0 Å². The Labute approximate surface area is 152 Å². The zero-order valence-corrected chi connectivity index (χ0v) is 17.0. The van der Waals surface area contributed by atoms with Crippen molar-refractivity contribution in [2.45, 2.75) is 91.9 Å². The van der Waals surface area contributed by atoms with Crippen LogP contribution in [0.4, 0.5) is 0 Å². The lowest BCUT2D eigenvalue weighted by Crippen LogP contribution is -2.53. The minimum Gasteiger partial charge on any atom is -0.312 e. The lowest BCUT2D eigenvalue weighted by atomic mass is 9.93. The van der Waals surface area contributed by atoms with E-state index in [1.807, 2.05) is 0 Å². The van der Waals surface area contributed by atoms with Crippen molar-refractivity contribution < 1.29 is 0 Å². The summed E-state index contributed by atoms with van der Waals surface area (Å²) in [5, 5.41) is 7.39. The highest BCUT2D eigenvalue weighted by Gasteiger charge is 2.27. The van der Waals surface area contributed by atoms with Gasteiger partial charge in [0.2, 0.25) is 0 Å². The first kappa shape index (κ1) is 23.8. The normalized spacial score (nSPS) is 25.8. The maximum Gasteiger partial charge on any atom is 0.0140 e. The van der Waals surface area contributed by atoms with Crippen LogP contribution in [0.2, 0.25) is 0 Å². The van der Waals surface area contributed by atoms with Gasteiger partial charge in [-0.1, -0.05) is 14.4 Å². The zero-order valence-electron chi connectivity index (χ0n) is 17.0. The first-order valence-corrected chi connectivity index (χ1v) is 9.50. The van der Waals surface area contributed by atoms with Crippen LogP contribution < -0.4 is 10.6 Å². The van der Waals surface area contributed by atoms with Gasteiger partial charge < -0.3 is 15.5 Å². The molecule has 4 nitrogen and oxygen atoms in total. The van der Waals surface area contributed by atoms with Crippen molar-refractivity contribution in [1.82, 2.24) is 20.4 Å². The van der Waals surface area contributed by atoms with Gasteiger partial charge in [-0.05, 0) is 68.0 Å². The van der Waals surface area contributed by atoms with E-state index in [0.717, 1.165) is 32.7 Å². The molecule has 1 aliphatic rings. The molecule has 4 heteroatoms. The Kier molecular flexibility index (Phi) is 10.0. The molecule has 0 radical (unpaired) electrons. The van der Waals surface area contributed by atoms with E-state index in [9.17, 15) is 0 Å². The second-order valence-electron chi connectivity index (χ2n) is 8.85. The molecule has 0 saturated carbocycles. The van der Waals surface area contributed by atoms with E-state index < -0.39 is 0 Å². The Morgan fingerprint density at radius 2 is 1.88 bits per heavy atom. The van der Waals surface area contributed by atoms with Gasteiger partial charge >= 0.3 is 0 Å². The summed E-state index contributed by atoms with van der Waals surface area (Å²) < 4.78 is 0. The number of nitrogens with one attached hydrogen (secondary N) is 2. The molecule has 0 bridgehead atoms. The van der Waals surface area contributed by atoms with Crippen LogP contribution in [0.5, 0.6) is 0 Å². The van der Waals surface area contributed by atoms with E-state index in [1.54, 1.807) is 0 Å². The molecule has 2 atom stereocenters. The molecule has 0 aliphatic carbocycles. The van der Waals surface area contributed by atoms with Crippen LogP contribution in [-0.4, -0.2) is 72.7 Å². The summed E-state index contributed by atoms with van der Waals surface area (Å²) in [6, 6.07) is 1.21. The highest BCUT2D eigenvalue weighted by molar-refractivity contribution is 4.87. The van der Waals surface area contributed by atoms with Crippen molar-refractivity contribution >= 4 is 0 Å². The van der Waals surface area contributed by atoms with Crippen LogP contribution in [0.15, 0.2) is 0 Å². The Morgan fingerprint density at radius 1 is 1.25 bits per heavy atom. The van der Waals surface area contributed by atoms with Gasteiger partial charge in [0, 0.05) is 49.3 Å². The maximum absolute atomic E-state index is 3.77. The van der Waals surface area contributed by atoms with Gasteiger partial charge in [0.1, 0.15) is 0 Å². The van der Waals surface area contributed by atoms with E-state index >= 15 is 0 Å². The van der Waals surface area contributed by atoms with Gasteiger partial charge in [0.15, 0.2) is 0 Å². The summed E-state index contributed by atoms with van der Waals surface area (Å²) in [6.07, 6.45) is 2.38. The van der Waals surface area contributed by atoms with Crippen LogP contribution >= 0.6 is 0 Å². The van der Waals surface area contributed by atoms with Crippen molar-refractivity contribution in [3.63, 3.8) is 0 Å². The molecule has 0 aromatic carbocycles. The molecular formula is C20H46N4. The Hall–Kier alpha value is -0.160. The summed E-state index contributed by atoms with van der Waals surface area (Å²) in [5.41, 5.74) is 0.415. The quantitative estimate of drug-likeness (QED) is 0.803. The fraction of sp³-hybridized carbons (Fsp3) is 1.00. The Morgan fingerprint density at radius 3 is 2.46 bits per heavy atom. The Bertz CT molecular complexity index is 341. The molecule has 1 heterocycles. The monoisotopic (exact) mass is 342 g/mol. The predicted octanol–water partition coefficient (Wildman–Crippen LogP) is 3.18. The molecule has 0 aromatic heterocycles. The minimum absolute atomic E-state index is 0. The van der Waals surface area contributed by atoms with Crippen LogP contribution in [0.25, 0.3) is 0 Å². The summed E-state index contributed by atoms with van der Waals surface area (Å²) in [7, 11) is 2.27. The largest absolute Gasteiger partial charge is 0.312 e. The van der Waals surface area contributed by atoms with E-state index in [1.165, 1.54) is 12.8 Å². The fourth-order valence-electron chi connectivity index (χ4n) is 3.98. The Balaban J connectivity index is 0.00000529. The summed E-state index contributed by atoms with van der Waals surface area (Å²) in [4.78, 5) is 5.18. The van der Waals surface area contributed by atoms with E-state index in [4.69, 9.17) is 0 Å². The van der Waals surface area contributed by atoms with Crippen LogP contribution in [0, 0.1) is 0 Å². The van der Waals surface area contributed by atoms with Gasteiger partial charge in [-0.2, -0.15) is 0 Å². The molecule has 1 saturated heterocycles. The zero-order chi connectivity index (χ0) is 17.7. The second kappa shape index (κ2) is 10.1. The second-order valence-corrected chi connectivity index (χ2v) is 8.85. The highest BCUT2D eigenvalue weighted by atomic mass is 15.2. The molecule has 24 heavy (non-hydrogen) atoms. The molecule has 0 amide bonds. The number of rotatable bonds is 5. The van der Waals surface area contributed by atoms with Crippen molar-refractivity contribution in [1.29, 1.82) is 0 Å². The third-order valence-electron chi connectivity index (χ3n) is 5.39. The van der Waals surface area contributed by atoms with Gasteiger partial charge in [0.05, 0.1) is 0 Å². The molecule has 0 spiro atoms. The number of hydrogen-bond acceptors (Lipinski definition) is 4. The molecule has 1 fully saturated rings. The number of nitrogens with zero attached hydrogens (tertiary/aromatic N) is 2. The first-order chi connectivity index (χ1) is 10.6. The molecule has 1 rings (SSSR count). The van der Waals surface area contributed by atoms with E-state index in [2.05, 4.69) is 75.9 Å². The molecule has 146 valence electrons. The van der Waals surface area contributed by atoms with Crippen molar-refractivity contribution in [2.24, 2.45) is 0 Å². The third kappa shape index (κ3) is 8.28. The molecular weight excluding hydrogens is 296 g/mol. The van der Waals surface area contributed by atoms with Crippen LogP contribution in [0.1, 0.15) is 68.7 Å². The maximum atomic E-state index is 3.77. The van der Waals surface area contributed by atoms with Crippen LogP contribution in [0.3, 0.4) is 0 Å². The average molecular weight is 343 g/mol. The predicted molar refractivity (Wildman–Crippen MR) is 109 cm³/mol. The van der Waals surface area contributed by atoms with Crippen molar-refractivity contribution in [3.05, 3.63) is 0 Å². The number of hydrogen-bond donors (Lipinski definition) is 2. The molecule has 2 unspecified atom stereocenters. The van der Waals surface area contributed by atoms with Gasteiger partial charge in [0.25, 0.3) is 0 Å². The van der Waals surface area contributed by atoms with Crippen LogP contribution in [-0.2, 0) is 0 Å². The molecule has 0 aromatic rings. The summed E-state index contributed by atoms with van der Waals surface area (Å²) in [6.45, 7) is 21.8. The lowest BCUT2D eigenvalue weighted by Gasteiger charge is -2.40. The smallest absolute Gasteiger partial charge is 0.0140 e. The molecule has 2 N–H and O–H groups in total. The van der Waals surface area contributed by atoms with Crippen molar-refractivity contribution in [2.75, 3.05) is 39.8 Å². The summed E-state index contributed by atoms with van der Waals surface area (Å²) in [5.74, 6) is 0. The summed E-state index contributed by atoms with van der Waals surface area (Å²) >= 11 is 0. The SMILES string of the molecule is C.CCNC(C)(C)CC(C)N1CCNC(C)(C)CC(C)N(C)CC1. The van der Waals surface area contributed by atoms with Gasteiger partial charge in [-0.25, -0.2) is 0 Å². The highest BCUT2D eigenvalue weighted by Crippen LogP contribution is 2.19. The lowest BCUT2D eigenvalue weighted by molar-refractivity contribution is 0.114. The number of likely N-dealkylation sites (N-methyl/N-ethyl adjacent to an activating group) is 1. The van der Waals surface area contributed by atoms with E-state index in [0.29, 0.717) is 12.1 Å². The average Bonchev–Trinajstić information content (AvgIpc) is 2.39. The topological polar surface area (TPSA) is 30.5 Å².